The van der Waals surface area contributed by atoms with Gasteiger partial charge in [0.15, 0.2) is 0 Å². The molecular weight excluding hydrogens is 164 g/mol. The zero-order chi connectivity index (χ0) is 9.73. The van der Waals surface area contributed by atoms with Crippen molar-refractivity contribution in [2.24, 2.45) is 0 Å². The number of hydrogen-bond acceptors (Lipinski definition) is 3. The first kappa shape index (κ1) is 11.0. The molecule has 0 spiro atoms. The molecule has 0 radical (unpaired) electrons. The molecule has 78 valence electrons. The topological polar surface area (TPSA) is 35.5 Å². The Morgan fingerprint density at radius 1 is 1.31 bits per heavy atom. The maximum absolute atomic E-state index is 9.52. The van der Waals surface area contributed by atoms with Gasteiger partial charge < -0.3 is 15.3 Å². The van der Waals surface area contributed by atoms with Crippen molar-refractivity contribution >= 4 is 0 Å². The van der Waals surface area contributed by atoms with Gasteiger partial charge in [-0.25, -0.2) is 0 Å². The Morgan fingerprint density at radius 3 is 2.46 bits per heavy atom. The van der Waals surface area contributed by atoms with Gasteiger partial charge in [0.05, 0.1) is 5.60 Å². The van der Waals surface area contributed by atoms with Gasteiger partial charge in [0.2, 0.25) is 0 Å². The van der Waals surface area contributed by atoms with E-state index in [0.29, 0.717) is 0 Å². The Bertz CT molecular complexity index is 136. The van der Waals surface area contributed by atoms with Crippen LogP contribution in [0.5, 0.6) is 0 Å². The lowest BCUT2D eigenvalue weighted by Gasteiger charge is -2.28. The van der Waals surface area contributed by atoms with Crippen LogP contribution in [0.15, 0.2) is 0 Å². The standard InChI is InChI=1S/C10H22N2O/c1-10(2,13)4-3-7-12-8-5-11-6-9-12/h11,13H,3-9H2,1-2H3. The van der Waals surface area contributed by atoms with Gasteiger partial charge in [-0.1, -0.05) is 0 Å². The normalized spacial score (nSPS) is 20.5. The molecule has 13 heavy (non-hydrogen) atoms. The number of aliphatic hydroxyl groups is 1. The second-order valence-corrected chi connectivity index (χ2v) is 4.51. The van der Waals surface area contributed by atoms with E-state index in [1.54, 1.807) is 0 Å². The summed E-state index contributed by atoms with van der Waals surface area (Å²) in [6, 6.07) is 0. The molecular formula is C10H22N2O. The number of nitrogens with one attached hydrogen (secondary N) is 1. The molecule has 0 bridgehead atoms. The average Bonchev–Trinajstić information content (AvgIpc) is 2.04. The molecule has 1 heterocycles. The van der Waals surface area contributed by atoms with Crippen LogP contribution < -0.4 is 5.32 Å². The van der Waals surface area contributed by atoms with Crippen molar-refractivity contribution < 1.29 is 5.11 Å². The second-order valence-electron chi connectivity index (χ2n) is 4.51. The number of hydrogen-bond donors (Lipinski definition) is 2. The van der Waals surface area contributed by atoms with Gasteiger partial charge in [0.1, 0.15) is 0 Å². The van der Waals surface area contributed by atoms with Crippen LogP contribution in [-0.2, 0) is 0 Å². The molecule has 0 saturated carbocycles. The zero-order valence-electron chi connectivity index (χ0n) is 8.84. The highest BCUT2D eigenvalue weighted by Gasteiger charge is 2.14. The first-order chi connectivity index (χ1) is 6.08. The minimum absolute atomic E-state index is 0.492. The highest BCUT2D eigenvalue weighted by atomic mass is 16.3. The summed E-state index contributed by atoms with van der Waals surface area (Å²) >= 11 is 0. The van der Waals surface area contributed by atoms with E-state index in [4.69, 9.17) is 0 Å². The van der Waals surface area contributed by atoms with Crippen molar-refractivity contribution in [3.8, 4) is 0 Å². The van der Waals surface area contributed by atoms with Crippen molar-refractivity contribution in [3.05, 3.63) is 0 Å². The lowest BCUT2D eigenvalue weighted by molar-refractivity contribution is 0.0644. The number of nitrogens with zero attached hydrogens (tertiary/aromatic N) is 1. The van der Waals surface area contributed by atoms with Gasteiger partial charge in [-0.3, -0.25) is 0 Å². The maximum Gasteiger partial charge on any atom is 0.0592 e. The van der Waals surface area contributed by atoms with E-state index in [1.165, 1.54) is 0 Å². The summed E-state index contributed by atoms with van der Waals surface area (Å²) in [7, 11) is 0. The van der Waals surface area contributed by atoms with E-state index in [9.17, 15) is 5.11 Å². The number of rotatable bonds is 4. The van der Waals surface area contributed by atoms with E-state index < -0.39 is 5.60 Å². The van der Waals surface area contributed by atoms with Gasteiger partial charge in [0.25, 0.3) is 0 Å². The Kier molecular flexibility index (Phi) is 4.16. The summed E-state index contributed by atoms with van der Waals surface area (Å²) < 4.78 is 0. The lowest BCUT2D eigenvalue weighted by Crippen LogP contribution is -2.44. The second kappa shape index (κ2) is 4.94. The maximum atomic E-state index is 9.52. The van der Waals surface area contributed by atoms with Crippen LogP contribution in [0.2, 0.25) is 0 Å². The molecule has 1 saturated heterocycles. The smallest absolute Gasteiger partial charge is 0.0592 e. The predicted molar refractivity (Wildman–Crippen MR) is 54.8 cm³/mol. The quantitative estimate of drug-likeness (QED) is 0.669. The van der Waals surface area contributed by atoms with Crippen LogP contribution in [0, 0.1) is 0 Å². The van der Waals surface area contributed by atoms with E-state index in [0.717, 1.165) is 45.6 Å². The molecule has 0 atom stereocenters. The fourth-order valence-corrected chi connectivity index (χ4v) is 1.67. The first-order valence-corrected chi connectivity index (χ1v) is 5.23. The molecule has 1 fully saturated rings. The highest BCUT2D eigenvalue weighted by molar-refractivity contribution is 4.70. The van der Waals surface area contributed by atoms with Crippen LogP contribution in [0.3, 0.4) is 0 Å². The summed E-state index contributed by atoms with van der Waals surface area (Å²) in [6.45, 7) is 9.43. The minimum atomic E-state index is -0.492. The van der Waals surface area contributed by atoms with Crippen LogP contribution in [-0.4, -0.2) is 48.3 Å². The third kappa shape index (κ3) is 5.24. The Balaban J connectivity index is 2.04. The van der Waals surface area contributed by atoms with Gasteiger partial charge in [-0.2, -0.15) is 0 Å². The summed E-state index contributed by atoms with van der Waals surface area (Å²) in [4.78, 5) is 2.46. The summed E-state index contributed by atoms with van der Waals surface area (Å²) in [6.07, 6.45) is 2.00. The molecule has 0 amide bonds. The van der Waals surface area contributed by atoms with Gasteiger partial charge >= 0.3 is 0 Å². The lowest BCUT2D eigenvalue weighted by atomic mass is 10.0. The molecule has 0 aromatic carbocycles. The van der Waals surface area contributed by atoms with Crippen LogP contribution in [0.25, 0.3) is 0 Å². The third-order valence-electron chi connectivity index (χ3n) is 2.47. The minimum Gasteiger partial charge on any atom is -0.390 e. The van der Waals surface area contributed by atoms with E-state index >= 15 is 0 Å². The number of piperazine rings is 1. The molecule has 0 unspecified atom stereocenters. The average molecular weight is 186 g/mol. The molecule has 1 rings (SSSR count). The SMILES string of the molecule is CC(C)(O)CCCN1CCNCC1. The molecule has 0 aromatic heterocycles. The summed E-state index contributed by atoms with van der Waals surface area (Å²) in [5.41, 5.74) is -0.492. The summed E-state index contributed by atoms with van der Waals surface area (Å²) in [5, 5.41) is 12.8. The van der Waals surface area contributed by atoms with E-state index in [1.807, 2.05) is 13.8 Å². The van der Waals surface area contributed by atoms with Crippen LogP contribution in [0.4, 0.5) is 0 Å². The third-order valence-corrected chi connectivity index (χ3v) is 2.47. The molecule has 3 nitrogen and oxygen atoms in total. The molecule has 1 aliphatic heterocycles. The van der Waals surface area contributed by atoms with Gasteiger partial charge in [-0.15, -0.1) is 0 Å². The Labute approximate surface area is 81.1 Å². The Hall–Kier alpha value is -0.120. The van der Waals surface area contributed by atoms with Crippen molar-refractivity contribution in [3.63, 3.8) is 0 Å². The monoisotopic (exact) mass is 186 g/mol. The van der Waals surface area contributed by atoms with Crippen molar-refractivity contribution in [1.82, 2.24) is 10.2 Å². The zero-order valence-corrected chi connectivity index (χ0v) is 8.84. The fourth-order valence-electron chi connectivity index (χ4n) is 1.67. The first-order valence-electron chi connectivity index (χ1n) is 5.23. The summed E-state index contributed by atoms with van der Waals surface area (Å²) in [5.74, 6) is 0. The van der Waals surface area contributed by atoms with E-state index in [2.05, 4.69) is 10.2 Å². The molecule has 0 aromatic rings. The van der Waals surface area contributed by atoms with Crippen molar-refractivity contribution in [2.75, 3.05) is 32.7 Å². The largest absolute Gasteiger partial charge is 0.390 e. The van der Waals surface area contributed by atoms with Crippen LogP contribution >= 0.6 is 0 Å². The van der Waals surface area contributed by atoms with Gasteiger partial charge in [0, 0.05) is 26.2 Å². The van der Waals surface area contributed by atoms with Gasteiger partial charge in [-0.05, 0) is 33.2 Å². The Morgan fingerprint density at radius 2 is 1.92 bits per heavy atom. The van der Waals surface area contributed by atoms with Crippen molar-refractivity contribution in [2.45, 2.75) is 32.3 Å². The fraction of sp³-hybridized carbons (Fsp3) is 1.00. The highest BCUT2D eigenvalue weighted by Crippen LogP contribution is 2.10. The molecule has 2 N–H and O–H groups in total. The van der Waals surface area contributed by atoms with Crippen molar-refractivity contribution in [1.29, 1.82) is 0 Å². The predicted octanol–water partition coefficient (Wildman–Crippen LogP) is 0.443. The molecule has 1 aliphatic rings. The molecule has 0 aliphatic carbocycles. The van der Waals surface area contributed by atoms with E-state index in [-0.39, 0.29) is 0 Å². The van der Waals surface area contributed by atoms with Crippen LogP contribution in [0.1, 0.15) is 26.7 Å². The molecule has 3 heteroatoms.